The molecule has 4 nitrogen and oxygen atoms in total. The number of halogens is 1. The van der Waals surface area contributed by atoms with Gasteiger partial charge in [-0.1, -0.05) is 91.0 Å². The lowest BCUT2D eigenvalue weighted by molar-refractivity contribution is -0.138. The van der Waals surface area contributed by atoms with E-state index in [-0.39, 0.29) is 18.2 Å². The van der Waals surface area contributed by atoms with Gasteiger partial charge in [0.05, 0.1) is 13.5 Å². The molecule has 0 aliphatic carbocycles. The standard InChI is InChI=1S/C31H30FNO3/c1-22(24-13-7-4-8-14-24)33(21-23-11-5-3-6-12-23)28(20-30(34)35)26-16-9-15-25(19-26)27-17-10-18-29(36-2)31(27)32/h3-19,22,28H,20-21H2,1-2H3,(H,34,35)/t22-,28?/m1/s1. The molecule has 0 bridgehead atoms. The summed E-state index contributed by atoms with van der Waals surface area (Å²) in [6.07, 6.45) is -0.0892. The van der Waals surface area contributed by atoms with E-state index >= 15 is 4.39 Å². The molecule has 0 radical (unpaired) electrons. The third-order valence-corrected chi connectivity index (χ3v) is 6.52. The van der Waals surface area contributed by atoms with Crippen LogP contribution in [-0.4, -0.2) is 23.1 Å². The molecule has 1 N–H and O–H groups in total. The molecule has 4 aromatic rings. The van der Waals surface area contributed by atoms with Crippen LogP contribution in [0.4, 0.5) is 4.39 Å². The lowest BCUT2D eigenvalue weighted by atomic mass is 9.94. The van der Waals surface area contributed by atoms with E-state index in [4.69, 9.17) is 4.74 Å². The first-order valence-corrected chi connectivity index (χ1v) is 12.0. The molecular weight excluding hydrogens is 453 g/mol. The average Bonchev–Trinajstić information content (AvgIpc) is 2.91. The van der Waals surface area contributed by atoms with Gasteiger partial charge in [0.15, 0.2) is 11.6 Å². The predicted octanol–water partition coefficient (Wildman–Crippen LogP) is 7.28. The quantitative estimate of drug-likeness (QED) is 0.257. The van der Waals surface area contributed by atoms with Crippen molar-refractivity contribution in [3.05, 3.63) is 126 Å². The predicted molar refractivity (Wildman–Crippen MR) is 140 cm³/mol. The summed E-state index contributed by atoms with van der Waals surface area (Å²) in [4.78, 5) is 14.3. The Morgan fingerprint density at radius 1 is 0.889 bits per heavy atom. The van der Waals surface area contributed by atoms with Crippen molar-refractivity contribution in [1.29, 1.82) is 0 Å². The number of carboxylic acid groups (broad SMARTS) is 1. The van der Waals surface area contributed by atoms with Gasteiger partial charge in [0.25, 0.3) is 0 Å². The third kappa shape index (κ3) is 5.81. The van der Waals surface area contributed by atoms with E-state index in [1.807, 2.05) is 72.8 Å². The minimum absolute atomic E-state index is 0.0621. The van der Waals surface area contributed by atoms with Crippen LogP contribution >= 0.6 is 0 Å². The molecule has 5 heteroatoms. The number of rotatable bonds is 10. The van der Waals surface area contributed by atoms with E-state index < -0.39 is 17.8 Å². The summed E-state index contributed by atoms with van der Waals surface area (Å²) in [7, 11) is 1.44. The molecule has 0 aliphatic rings. The molecule has 4 aromatic carbocycles. The van der Waals surface area contributed by atoms with Crippen LogP contribution in [0.2, 0.25) is 0 Å². The Balaban J connectivity index is 1.80. The van der Waals surface area contributed by atoms with Crippen LogP contribution in [0.3, 0.4) is 0 Å². The first kappa shape index (κ1) is 25.1. The van der Waals surface area contributed by atoms with Crippen LogP contribution in [0.15, 0.2) is 103 Å². The largest absolute Gasteiger partial charge is 0.494 e. The lowest BCUT2D eigenvalue weighted by Gasteiger charge is -2.37. The normalized spacial score (nSPS) is 12.8. The van der Waals surface area contributed by atoms with Crippen molar-refractivity contribution in [2.45, 2.75) is 32.0 Å². The van der Waals surface area contributed by atoms with Gasteiger partial charge in [-0.05, 0) is 41.3 Å². The average molecular weight is 484 g/mol. The molecule has 0 saturated carbocycles. The maximum absolute atomic E-state index is 15.1. The zero-order chi connectivity index (χ0) is 25.5. The highest BCUT2D eigenvalue weighted by Gasteiger charge is 2.29. The number of nitrogens with zero attached hydrogens (tertiary/aromatic N) is 1. The number of hydrogen-bond acceptors (Lipinski definition) is 3. The van der Waals surface area contributed by atoms with E-state index in [9.17, 15) is 9.90 Å². The van der Waals surface area contributed by atoms with Gasteiger partial charge in [-0.25, -0.2) is 4.39 Å². The summed E-state index contributed by atoms with van der Waals surface area (Å²) in [5.74, 6) is -1.16. The second-order valence-corrected chi connectivity index (χ2v) is 8.81. The second-order valence-electron chi connectivity index (χ2n) is 8.81. The Kier molecular flexibility index (Phi) is 8.13. The SMILES string of the molecule is COc1cccc(-c2cccc(C(CC(=O)O)N(Cc3ccccc3)[C@H](C)c3ccccc3)c2)c1F. The molecular formula is C31H30FNO3. The third-order valence-electron chi connectivity index (χ3n) is 6.52. The van der Waals surface area contributed by atoms with Crippen molar-refractivity contribution in [2.75, 3.05) is 7.11 Å². The topological polar surface area (TPSA) is 49.8 Å². The Bertz CT molecular complexity index is 1290. The van der Waals surface area contributed by atoms with E-state index in [0.29, 0.717) is 17.7 Å². The molecule has 184 valence electrons. The fourth-order valence-electron chi connectivity index (χ4n) is 4.63. The van der Waals surface area contributed by atoms with E-state index in [2.05, 4.69) is 24.0 Å². The molecule has 0 heterocycles. The Labute approximate surface area is 211 Å². The van der Waals surface area contributed by atoms with Gasteiger partial charge in [0, 0.05) is 24.2 Å². The van der Waals surface area contributed by atoms with E-state index in [0.717, 1.165) is 16.7 Å². The maximum atomic E-state index is 15.1. The van der Waals surface area contributed by atoms with Gasteiger partial charge in [-0.15, -0.1) is 0 Å². The van der Waals surface area contributed by atoms with Crippen molar-refractivity contribution in [3.8, 4) is 16.9 Å². The number of hydrogen-bond donors (Lipinski definition) is 1. The van der Waals surface area contributed by atoms with Gasteiger partial charge in [-0.2, -0.15) is 0 Å². The van der Waals surface area contributed by atoms with Gasteiger partial charge < -0.3 is 9.84 Å². The van der Waals surface area contributed by atoms with Gasteiger partial charge in [0.2, 0.25) is 0 Å². The summed E-state index contributed by atoms with van der Waals surface area (Å²) < 4.78 is 20.2. The first-order valence-electron chi connectivity index (χ1n) is 12.0. The van der Waals surface area contributed by atoms with Crippen molar-refractivity contribution >= 4 is 5.97 Å². The van der Waals surface area contributed by atoms with E-state index in [1.54, 1.807) is 18.2 Å². The molecule has 0 spiro atoms. The van der Waals surface area contributed by atoms with E-state index in [1.165, 1.54) is 7.11 Å². The highest BCUT2D eigenvalue weighted by Crippen LogP contribution is 2.37. The van der Waals surface area contributed by atoms with Gasteiger partial charge in [0.1, 0.15) is 0 Å². The van der Waals surface area contributed by atoms with Crippen LogP contribution < -0.4 is 4.74 Å². The Morgan fingerprint density at radius 2 is 1.53 bits per heavy atom. The van der Waals surface area contributed by atoms with Gasteiger partial charge >= 0.3 is 5.97 Å². The number of benzene rings is 4. The highest BCUT2D eigenvalue weighted by molar-refractivity contribution is 5.69. The molecule has 0 aromatic heterocycles. The number of ether oxygens (including phenoxy) is 1. The number of methoxy groups -OCH3 is 1. The molecule has 0 fully saturated rings. The number of carboxylic acids is 1. The number of carbonyl (C=O) groups is 1. The fourth-order valence-corrected chi connectivity index (χ4v) is 4.63. The second kappa shape index (κ2) is 11.6. The van der Waals surface area contributed by atoms with Crippen LogP contribution in [-0.2, 0) is 11.3 Å². The minimum atomic E-state index is -0.892. The zero-order valence-corrected chi connectivity index (χ0v) is 20.5. The van der Waals surface area contributed by atoms with Crippen molar-refractivity contribution in [3.63, 3.8) is 0 Å². The molecule has 0 aliphatic heterocycles. The summed E-state index contributed by atoms with van der Waals surface area (Å²) in [5.41, 5.74) is 4.09. The minimum Gasteiger partial charge on any atom is -0.494 e. The van der Waals surface area contributed by atoms with Crippen LogP contribution in [0.5, 0.6) is 5.75 Å². The maximum Gasteiger partial charge on any atom is 0.305 e. The van der Waals surface area contributed by atoms with Crippen molar-refractivity contribution < 1.29 is 19.0 Å². The molecule has 36 heavy (non-hydrogen) atoms. The summed E-state index contributed by atoms with van der Waals surface area (Å²) in [6, 6.07) is 32.1. The molecule has 0 amide bonds. The van der Waals surface area contributed by atoms with Crippen molar-refractivity contribution in [2.24, 2.45) is 0 Å². The lowest BCUT2D eigenvalue weighted by Crippen LogP contribution is -2.32. The monoisotopic (exact) mass is 483 g/mol. The van der Waals surface area contributed by atoms with Crippen LogP contribution in [0.1, 0.15) is 42.1 Å². The smallest absolute Gasteiger partial charge is 0.305 e. The number of aliphatic carboxylic acids is 1. The zero-order valence-electron chi connectivity index (χ0n) is 20.5. The molecule has 4 rings (SSSR count). The highest BCUT2D eigenvalue weighted by atomic mass is 19.1. The molecule has 2 atom stereocenters. The van der Waals surface area contributed by atoms with Crippen LogP contribution in [0, 0.1) is 5.82 Å². The fraction of sp³-hybridized carbons (Fsp3) is 0.194. The molecule has 1 unspecified atom stereocenters. The Hall–Kier alpha value is -3.96. The molecule has 0 saturated heterocycles. The van der Waals surface area contributed by atoms with Gasteiger partial charge in [-0.3, -0.25) is 9.69 Å². The Morgan fingerprint density at radius 3 is 2.19 bits per heavy atom. The summed E-state index contributed by atoms with van der Waals surface area (Å²) in [6.45, 7) is 2.66. The van der Waals surface area contributed by atoms with Crippen molar-refractivity contribution in [1.82, 2.24) is 4.90 Å². The first-order chi connectivity index (χ1) is 17.5. The summed E-state index contributed by atoms with van der Waals surface area (Å²) in [5, 5.41) is 9.91. The summed E-state index contributed by atoms with van der Waals surface area (Å²) >= 11 is 0. The van der Waals surface area contributed by atoms with Crippen LogP contribution in [0.25, 0.3) is 11.1 Å².